The minimum atomic E-state index is -4.74. The van der Waals surface area contributed by atoms with E-state index in [9.17, 15) is 13.2 Å². The Kier molecular flexibility index (Phi) is 8.54. The van der Waals surface area contributed by atoms with Gasteiger partial charge in [0.1, 0.15) is 5.58 Å². The van der Waals surface area contributed by atoms with E-state index >= 15 is 0 Å². The first-order valence-electron chi connectivity index (χ1n) is 20.6. The van der Waals surface area contributed by atoms with E-state index in [1.807, 2.05) is 69.3 Å². The van der Waals surface area contributed by atoms with Crippen molar-refractivity contribution in [3.63, 3.8) is 0 Å². The quantitative estimate of drug-likeness (QED) is 0.128. The van der Waals surface area contributed by atoms with Gasteiger partial charge in [0.2, 0.25) is 0 Å². The Hall–Kier alpha value is -4.84. The first kappa shape index (κ1) is 30.5. The molecule has 3 aromatic heterocycles. The van der Waals surface area contributed by atoms with Gasteiger partial charge >= 0.3 is 6.18 Å². The first-order chi connectivity index (χ1) is 27.9. The number of furan rings is 1. The van der Waals surface area contributed by atoms with Crippen LogP contribution in [0.5, 0.6) is 0 Å². The van der Waals surface area contributed by atoms with Crippen molar-refractivity contribution < 1.29 is 47.3 Å². The van der Waals surface area contributed by atoms with Gasteiger partial charge in [-0.25, -0.2) is 0 Å². The Bertz CT molecular complexity index is 2870. The number of hydrogen-bond acceptors (Lipinski definition) is 3. The summed E-state index contributed by atoms with van der Waals surface area (Å²) in [7, 11) is 0. The van der Waals surface area contributed by atoms with Crippen LogP contribution in [0.2, 0.25) is 0 Å². The van der Waals surface area contributed by atoms with E-state index in [0.29, 0.717) is 33.6 Å². The number of halogens is 3. The van der Waals surface area contributed by atoms with Crippen LogP contribution in [0.1, 0.15) is 60.9 Å². The standard InChI is InChI=1S/C30H21F3NO.C17H20N.Ir/c1-29(2,30(31,32)33)17-18-14-15-34-25(16-18)24-9-5-8-22-23-13-12-20-11-10-19-6-3-4-7-21(19)26(20)28(23)35-27(22)24;1-13-5-8-15(9-6-13)16-10-7-14(12-18-16)11-17(2,3)4;/h3-8,10-16H,17H2,1-2H3;5-8,10,12H,11H2,1-4H3;/q2*-1;/i17D2;1D3,11D2;. The molecule has 0 unspecified atom stereocenters. The van der Waals surface area contributed by atoms with E-state index in [0.717, 1.165) is 46.2 Å². The molecule has 0 saturated carbocycles. The molecule has 0 fully saturated rings. The number of nitrogens with zero attached hydrogens (tertiary/aromatic N) is 2. The van der Waals surface area contributed by atoms with Crippen molar-refractivity contribution in [3.05, 3.63) is 144 Å². The molecular formula is C47H41F3IrN2O-2. The summed E-state index contributed by atoms with van der Waals surface area (Å²) < 4.78 is 103. The van der Waals surface area contributed by atoms with Gasteiger partial charge in [-0.1, -0.05) is 125 Å². The second-order valence-corrected chi connectivity index (χ2v) is 14.5. The predicted octanol–water partition coefficient (Wildman–Crippen LogP) is 13.3. The minimum Gasteiger partial charge on any atom is -0.500 e. The topological polar surface area (TPSA) is 38.9 Å². The molecule has 54 heavy (non-hydrogen) atoms. The molecular weight excluding hydrogens is 858 g/mol. The van der Waals surface area contributed by atoms with Crippen molar-refractivity contribution in [1.82, 2.24) is 9.97 Å². The number of aromatic nitrogens is 2. The largest absolute Gasteiger partial charge is 0.500 e. The summed E-state index contributed by atoms with van der Waals surface area (Å²) in [5.41, 5.74) is 0.761. The molecule has 7 heteroatoms. The first-order valence-corrected chi connectivity index (χ1v) is 17.1. The molecule has 8 aromatic rings. The van der Waals surface area contributed by atoms with Gasteiger partial charge in [0.05, 0.1) is 11.0 Å². The maximum atomic E-state index is 13.7. The van der Waals surface area contributed by atoms with Crippen molar-refractivity contribution in [2.75, 3.05) is 0 Å². The van der Waals surface area contributed by atoms with Crippen molar-refractivity contribution in [3.8, 4) is 22.5 Å². The van der Waals surface area contributed by atoms with Gasteiger partial charge in [-0.05, 0) is 57.3 Å². The molecule has 0 amide bonds. The Balaban J connectivity index is 0.000000225. The molecule has 0 bridgehead atoms. The van der Waals surface area contributed by atoms with Crippen LogP contribution < -0.4 is 0 Å². The van der Waals surface area contributed by atoms with Crippen LogP contribution in [-0.4, -0.2) is 16.1 Å². The Morgan fingerprint density at radius 1 is 0.722 bits per heavy atom. The van der Waals surface area contributed by atoms with Crippen LogP contribution >= 0.6 is 0 Å². The van der Waals surface area contributed by atoms with E-state index in [1.54, 1.807) is 30.3 Å². The van der Waals surface area contributed by atoms with Gasteiger partial charge in [-0.15, -0.1) is 53.6 Å². The summed E-state index contributed by atoms with van der Waals surface area (Å²) in [5.74, 6) is 0. The molecule has 5 aromatic carbocycles. The smallest absolute Gasteiger partial charge is 0.394 e. The number of fused-ring (bicyclic) bond motifs is 7. The minimum absolute atomic E-state index is 0. The third-order valence-electron chi connectivity index (χ3n) is 8.86. The summed E-state index contributed by atoms with van der Waals surface area (Å²) in [6.07, 6.45) is -6.07. The van der Waals surface area contributed by atoms with Crippen LogP contribution in [0.25, 0.3) is 66.0 Å². The van der Waals surface area contributed by atoms with Gasteiger partial charge in [0, 0.05) is 52.9 Å². The zero-order valence-corrected chi connectivity index (χ0v) is 32.6. The number of hydrogen-bond donors (Lipinski definition) is 0. The Labute approximate surface area is 337 Å². The molecule has 0 aliphatic rings. The maximum absolute atomic E-state index is 13.7. The molecule has 0 saturated heterocycles. The third kappa shape index (κ3) is 8.13. The van der Waals surface area contributed by atoms with Crippen LogP contribution in [0.4, 0.5) is 13.2 Å². The monoisotopic (exact) mass is 906 g/mol. The second kappa shape index (κ2) is 15.1. The zero-order valence-electron chi connectivity index (χ0n) is 37.2. The predicted molar refractivity (Wildman–Crippen MR) is 211 cm³/mol. The molecule has 0 N–H and O–H groups in total. The van der Waals surface area contributed by atoms with Gasteiger partial charge in [-0.3, -0.25) is 0 Å². The molecule has 277 valence electrons. The number of alkyl halides is 3. The van der Waals surface area contributed by atoms with Gasteiger partial charge in [-0.2, -0.15) is 13.2 Å². The number of aryl methyl sites for hydroxylation is 1. The fourth-order valence-electron chi connectivity index (χ4n) is 6.20. The molecule has 3 nitrogen and oxygen atoms in total. The Morgan fingerprint density at radius 2 is 1.48 bits per heavy atom. The van der Waals surface area contributed by atoms with E-state index in [2.05, 4.69) is 28.2 Å². The van der Waals surface area contributed by atoms with Crippen LogP contribution in [0, 0.1) is 29.8 Å². The average Bonchev–Trinajstić information content (AvgIpc) is 3.59. The molecule has 0 aliphatic heterocycles. The van der Waals surface area contributed by atoms with Crippen molar-refractivity contribution in [2.45, 2.75) is 60.4 Å². The number of rotatable bonds is 5. The summed E-state index contributed by atoms with van der Waals surface area (Å²) in [6.45, 7) is 5.14. The normalized spacial score (nSPS) is 14.9. The molecule has 1 radical (unpaired) electrons. The molecule has 0 aliphatic carbocycles. The van der Waals surface area contributed by atoms with Crippen LogP contribution in [0.3, 0.4) is 0 Å². The average molecular weight is 906 g/mol. The van der Waals surface area contributed by atoms with E-state index in [1.165, 1.54) is 30.6 Å². The van der Waals surface area contributed by atoms with Crippen LogP contribution in [0.15, 0.2) is 120 Å². The second-order valence-electron chi connectivity index (χ2n) is 14.5. The summed E-state index contributed by atoms with van der Waals surface area (Å²) >= 11 is 0. The SMILES string of the molecule is [2H]C([2H])([2H])c1c[c-]c(-c2ccc(C([2H])([2H])C(C)(C)C)cn2)cc1.[2H]C([2H])(c1ccnc(-c2[c-]ccc3c2oc2c3ccc3ccc4ccccc4c32)c1)C(C)(C)C(F)(F)F.[Ir]. The van der Waals surface area contributed by atoms with Gasteiger partial charge in [0.15, 0.2) is 0 Å². The van der Waals surface area contributed by atoms with Gasteiger partial charge < -0.3 is 14.4 Å². The van der Waals surface area contributed by atoms with Crippen molar-refractivity contribution in [1.29, 1.82) is 0 Å². The summed E-state index contributed by atoms with van der Waals surface area (Å²) in [4.78, 5) is 8.67. The van der Waals surface area contributed by atoms with E-state index in [4.69, 9.17) is 14.0 Å². The fourth-order valence-corrected chi connectivity index (χ4v) is 6.20. The third-order valence-corrected chi connectivity index (χ3v) is 8.86. The van der Waals surface area contributed by atoms with Gasteiger partial charge in [0.25, 0.3) is 0 Å². The molecule has 3 heterocycles. The Morgan fingerprint density at radius 3 is 2.19 bits per heavy atom. The number of pyridine rings is 2. The fraction of sp³-hybridized carbons (Fsp3) is 0.234. The van der Waals surface area contributed by atoms with E-state index in [-0.39, 0.29) is 36.9 Å². The van der Waals surface area contributed by atoms with Crippen molar-refractivity contribution in [2.24, 2.45) is 10.8 Å². The number of benzene rings is 5. The molecule has 0 spiro atoms. The maximum Gasteiger partial charge on any atom is 0.394 e. The molecule has 0 atom stereocenters. The van der Waals surface area contributed by atoms with Crippen LogP contribution in [-0.2, 0) is 32.9 Å². The summed E-state index contributed by atoms with van der Waals surface area (Å²) in [6, 6.07) is 36.6. The summed E-state index contributed by atoms with van der Waals surface area (Å²) in [5, 5.41) is 5.86. The molecule has 8 rings (SSSR count). The zero-order chi connectivity index (χ0) is 43.6. The van der Waals surface area contributed by atoms with E-state index < -0.39 is 36.6 Å². The van der Waals surface area contributed by atoms with Crippen molar-refractivity contribution >= 4 is 43.5 Å².